The number of nitrogens with two attached hydrogens (primary N) is 1. The monoisotopic (exact) mass is 289 g/mol. The van der Waals surface area contributed by atoms with E-state index in [9.17, 15) is 4.39 Å². The maximum atomic E-state index is 13.8. The second-order valence-electron chi connectivity index (χ2n) is 4.40. The Hall–Kier alpha value is -2.21. The third-order valence-corrected chi connectivity index (χ3v) is 4.24. The first-order valence-corrected chi connectivity index (χ1v) is 6.82. The van der Waals surface area contributed by atoms with Crippen LogP contribution in [0.5, 0.6) is 11.6 Å². The van der Waals surface area contributed by atoms with Gasteiger partial charge in [-0.2, -0.15) is 0 Å². The molecule has 0 saturated carbocycles. The number of benzene rings is 1. The number of aromatic nitrogens is 2. The molecule has 3 aromatic rings. The fourth-order valence-corrected chi connectivity index (χ4v) is 2.94. The first-order chi connectivity index (χ1) is 9.58. The van der Waals surface area contributed by atoms with Crippen LogP contribution in [0.3, 0.4) is 0 Å². The molecule has 2 N–H and O–H groups in total. The molecule has 6 heteroatoms. The van der Waals surface area contributed by atoms with E-state index in [4.69, 9.17) is 10.5 Å². The summed E-state index contributed by atoms with van der Waals surface area (Å²) in [7, 11) is 0. The summed E-state index contributed by atoms with van der Waals surface area (Å²) in [6.45, 7) is 3.97. The molecule has 2 aromatic heterocycles. The normalized spacial score (nSPS) is 10.9. The summed E-state index contributed by atoms with van der Waals surface area (Å²) in [5.41, 5.74) is 7.03. The van der Waals surface area contributed by atoms with Crippen molar-refractivity contribution < 1.29 is 9.13 Å². The number of hydrogen-bond acceptors (Lipinski definition) is 5. The Morgan fingerprint density at radius 2 is 2.05 bits per heavy atom. The Morgan fingerprint density at radius 1 is 1.25 bits per heavy atom. The standard InChI is InChI=1S/C14H12FN3OS/c1-7-8(2)20-14-11(7)13(17-6-18-14)19-12-9(15)4-3-5-10(12)16/h3-6H,16H2,1-2H3. The van der Waals surface area contributed by atoms with Crippen molar-refractivity contribution in [3.8, 4) is 11.6 Å². The zero-order valence-electron chi connectivity index (χ0n) is 11.0. The highest BCUT2D eigenvalue weighted by molar-refractivity contribution is 7.18. The van der Waals surface area contributed by atoms with Crippen molar-refractivity contribution in [2.75, 3.05) is 5.73 Å². The van der Waals surface area contributed by atoms with Gasteiger partial charge in [-0.1, -0.05) is 6.07 Å². The predicted octanol–water partition coefficient (Wildman–Crippen LogP) is 3.82. The second-order valence-corrected chi connectivity index (χ2v) is 5.61. The SMILES string of the molecule is Cc1sc2ncnc(Oc3c(N)cccc3F)c2c1C. The number of halogens is 1. The highest BCUT2D eigenvalue weighted by Crippen LogP contribution is 2.37. The zero-order valence-corrected chi connectivity index (χ0v) is 11.8. The average molecular weight is 289 g/mol. The molecule has 4 nitrogen and oxygen atoms in total. The molecule has 2 heterocycles. The minimum atomic E-state index is -0.513. The van der Waals surface area contributed by atoms with E-state index < -0.39 is 5.82 Å². The molecule has 0 unspecified atom stereocenters. The molecule has 0 spiro atoms. The zero-order chi connectivity index (χ0) is 14.3. The number of hydrogen-bond donors (Lipinski definition) is 1. The summed E-state index contributed by atoms with van der Waals surface area (Å²) in [4.78, 5) is 10.3. The molecule has 1 aromatic carbocycles. The van der Waals surface area contributed by atoms with Crippen molar-refractivity contribution in [2.45, 2.75) is 13.8 Å². The molecule has 3 rings (SSSR count). The first-order valence-electron chi connectivity index (χ1n) is 6.00. The van der Waals surface area contributed by atoms with Crippen molar-refractivity contribution >= 4 is 27.2 Å². The van der Waals surface area contributed by atoms with E-state index in [1.807, 2.05) is 13.8 Å². The van der Waals surface area contributed by atoms with E-state index >= 15 is 0 Å². The lowest BCUT2D eigenvalue weighted by Crippen LogP contribution is -1.97. The number of aryl methyl sites for hydroxylation is 2. The summed E-state index contributed by atoms with van der Waals surface area (Å²) >= 11 is 1.56. The number of para-hydroxylation sites is 1. The fraction of sp³-hybridized carbons (Fsp3) is 0.143. The van der Waals surface area contributed by atoms with Crippen molar-refractivity contribution in [3.05, 3.63) is 40.8 Å². The van der Waals surface area contributed by atoms with Crippen molar-refractivity contribution in [3.63, 3.8) is 0 Å². The Balaban J connectivity index is 2.16. The number of nitrogen functional groups attached to an aromatic ring is 1. The summed E-state index contributed by atoms with van der Waals surface area (Å²) < 4.78 is 19.4. The van der Waals surface area contributed by atoms with E-state index in [1.54, 1.807) is 17.4 Å². The van der Waals surface area contributed by atoms with Gasteiger partial charge in [-0.05, 0) is 31.5 Å². The third kappa shape index (κ3) is 1.98. The number of thiophene rings is 1. The Bertz CT molecular complexity index is 780. The van der Waals surface area contributed by atoms with Gasteiger partial charge >= 0.3 is 0 Å². The van der Waals surface area contributed by atoms with E-state index in [0.717, 1.165) is 20.7 Å². The smallest absolute Gasteiger partial charge is 0.231 e. The minimum absolute atomic E-state index is 0.00393. The third-order valence-electron chi connectivity index (χ3n) is 3.13. The molecule has 0 aliphatic carbocycles. The quantitative estimate of drug-likeness (QED) is 0.728. The first kappa shape index (κ1) is 12.8. The molecule has 0 atom stereocenters. The van der Waals surface area contributed by atoms with Gasteiger partial charge in [-0.25, -0.2) is 14.4 Å². The maximum Gasteiger partial charge on any atom is 0.231 e. The lowest BCUT2D eigenvalue weighted by molar-refractivity contribution is 0.434. The largest absolute Gasteiger partial charge is 0.433 e. The van der Waals surface area contributed by atoms with E-state index in [1.165, 1.54) is 18.5 Å². The van der Waals surface area contributed by atoms with Gasteiger partial charge in [-0.15, -0.1) is 11.3 Å². The summed E-state index contributed by atoms with van der Waals surface area (Å²) in [6, 6.07) is 4.42. The van der Waals surface area contributed by atoms with Crippen LogP contribution < -0.4 is 10.5 Å². The summed E-state index contributed by atoms with van der Waals surface area (Å²) in [5.74, 6) is -0.189. The Morgan fingerprint density at radius 3 is 2.80 bits per heavy atom. The number of anilines is 1. The second kappa shape index (κ2) is 4.72. The van der Waals surface area contributed by atoms with E-state index in [-0.39, 0.29) is 11.4 Å². The topological polar surface area (TPSA) is 61.0 Å². The Labute approximate surface area is 119 Å². The Kier molecular flexibility index (Phi) is 3.02. The molecular formula is C14H12FN3OS. The van der Waals surface area contributed by atoms with Crippen LogP contribution in [-0.4, -0.2) is 9.97 Å². The molecule has 0 radical (unpaired) electrons. The van der Waals surface area contributed by atoms with Crippen LogP contribution in [-0.2, 0) is 0 Å². The summed E-state index contributed by atoms with van der Waals surface area (Å²) in [6.07, 6.45) is 1.41. The number of ether oxygens (including phenoxy) is 1. The van der Waals surface area contributed by atoms with Gasteiger partial charge in [0.05, 0.1) is 11.1 Å². The van der Waals surface area contributed by atoms with Gasteiger partial charge in [-0.3, -0.25) is 0 Å². The summed E-state index contributed by atoms with van der Waals surface area (Å²) in [5, 5.41) is 0.803. The van der Waals surface area contributed by atoms with Gasteiger partial charge in [0, 0.05) is 4.88 Å². The van der Waals surface area contributed by atoms with E-state index in [2.05, 4.69) is 9.97 Å². The van der Waals surface area contributed by atoms with Crippen LogP contribution in [0.4, 0.5) is 10.1 Å². The fourth-order valence-electron chi connectivity index (χ4n) is 1.96. The molecule has 0 aliphatic heterocycles. The molecule has 102 valence electrons. The number of rotatable bonds is 2. The highest BCUT2D eigenvalue weighted by Gasteiger charge is 2.16. The average Bonchev–Trinajstić information content (AvgIpc) is 2.71. The molecule has 0 saturated heterocycles. The van der Waals surface area contributed by atoms with Crippen molar-refractivity contribution in [2.24, 2.45) is 0 Å². The van der Waals surface area contributed by atoms with Crippen LogP contribution in [0.1, 0.15) is 10.4 Å². The van der Waals surface area contributed by atoms with Gasteiger partial charge in [0.25, 0.3) is 0 Å². The van der Waals surface area contributed by atoms with Gasteiger partial charge in [0.1, 0.15) is 11.2 Å². The highest BCUT2D eigenvalue weighted by atomic mass is 32.1. The number of nitrogens with zero attached hydrogens (tertiary/aromatic N) is 2. The number of fused-ring (bicyclic) bond motifs is 1. The molecule has 0 aliphatic rings. The molecule has 0 fully saturated rings. The lowest BCUT2D eigenvalue weighted by Gasteiger charge is -2.09. The molecule has 0 bridgehead atoms. The molecule has 0 amide bonds. The van der Waals surface area contributed by atoms with Crippen LogP contribution in [0.25, 0.3) is 10.2 Å². The minimum Gasteiger partial charge on any atom is -0.433 e. The van der Waals surface area contributed by atoms with Crippen LogP contribution >= 0.6 is 11.3 Å². The van der Waals surface area contributed by atoms with Crippen LogP contribution in [0.2, 0.25) is 0 Å². The predicted molar refractivity (Wildman–Crippen MR) is 77.8 cm³/mol. The maximum absolute atomic E-state index is 13.8. The van der Waals surface area contributed by atoms with Crippen LogP contribution in [0, 0.1) is 19.7 Å². The van der Waals surface area contributed by atoms with Crippen molar-refractivity contribution in [1.82, 2.24) is 9.97 Å². The van der Waals surface area contributed by atoms with E-state index in [0.29, 0.717) is 5.88 Å². The van der Waals surface area contributed by atoms with Crippen molar-refractivity contribution in [1.29, 1.82) is 0 Å². The lowest BCUT2D eigenvalue weighted by atomic mass is 10.2. The van der Waals surface area contributed by atoms with Gasteiger partial charge in [0.15, 0.2) is 11.6 Å². The molecular weight excluding hydrogens is 277 g/mol. The molecule has 20 heavy (non-hydrogen) atoms. The van der Waals surface area contributed by atoms with Gasteiger partial charge < -0.3 is 10.5 Å². The van der Waals surface area contributed by atoms with Crippen LogP contribution in [0.15, 0.2) is 24.5 Å². The van der Waals surface area contributed by atoms with Gasteiger partial charge in [0.2, 0.25) is 5.88 Å².